The number of hydrogen-bond donors (Lipinski definition) is 1. The summed E-state index contributed by atoms with van der Waals surface area (Å²) in [6.45, 7) is 0.0409. The van der Waals surface area contributed by atoms with Crippen LogP contribution in [0.5, 0.6) is 5.75 Å². The highest BCUT2D eigenvalue weighted by atomic mass is 79.9. The first kappa shape index (κ1) is 14.9. The summed E-state index contributed by atoms with van der Waals surface area (Å²) in [6.07, 6.45) is -0.696. The molecule has 2 rings (SSSR count). The van der Waals surface area contributed by atoms with E-state index in [9.17, 15) is 13.2 Å². The number of hydrogen-bond acceptors (Lipinski definition) is 2. The highest BCUT2D eigenvalue weighted by molar-refractivity contribution is 9.10. The summed E-state index contributed by atoms with van der Waals surface area (Å²) in [6, 6.07) is 7.78. The van der Waals surface area contributed by atoms with E-state index < -0.39 is 23.6 Å². The van der Waals surface area contributed by atoms with Gasteiger partial charge in [-0.15, -0.1) is 0 Å². The van der Waals surface area contributed by atoms with Crippen molar-refractivity contribution in [1.29, 1.82) is 0 Å². The van der Waals surface area contributed by atoms with Crippen LogP contribution in [0.15, 0.2) is 40.9 Å². The SMILES string of the molecule is NCC(Oc1cc(Br)cc(F)c1F)c1ccc(F)cc1. The van der Waals surface area contributed by atoms with E-state index in [0.717, 1.165) is 6.07 Å². The zero-order valence-corrected chi connectivity index (χ0v) is 11.8. The van der Waals surface area contributed by atoms with Crippen molar-refractivity contribution >= 4 is 15.9 Å². The first-order valence-electron chi connectivity index (χ1n) is 5.78. The van der Waals surface area contributed by atoms with Crippen LogP contribution in [0.2, 0.25) is 0 Å². The van der Waals surface area contributed by atoms with Gasteiger partial charge >= 0.3 is 0 Å². The largest absolute Gasteiger partial charge is 0.481 e. The van der Waals surface area contributed by atoms with Crippen molar-refractivity contribution in [3.8, 4) is 5.75 Å². The van der Waals surface area contributed by atoms with Gasteiger partial charge in [-0.1, -0.05) is 28.1 Å². The summed E-state index contributed by atoms with van der Waals surface area (Å²) in [5, 5.41) is 0. The monoisotopic (exact) mass is 345 g/mol. The second-order valence-electron chi connectivity index (χ2n) is 4.09. The number of halogens is 4. The molecule has 0 aliphatic carbocycles. The van der Waals surface area contributed by atoms with Gasteiger partial charge in [0, 0.05) is 11.0 Å². The van der Waals surface area contributed by atoms with E-state index >= 15 is 0 Å². The van der Waals surface area contributed by atoms with Crippen LogP contribution in [0.4, 0.5) is 13.2 Å². The first-order chi connectivity index (χ1) is 9.51. The van der Waals surface area contributed by atoms with E-state index in [0.29, 0.717) is 10.0 Å². The third-order valence-electron chi connectivity index (χ3n) is 2.68. The molecule has 0 amide bonds. The third-order valence-corrected chi connectivity index (χ3v) is 3.14. The van der Waals surface area contributed by atoms with E-state index in [4.69, 9.17) is 10.5 Å². The van der Waals surface area contributed by atoms with E-state index in [1.807, 2.05) is 0 Å². The van der Waals surface area contributed by atoms with Crippen molar-refractivity contribution < 1.29 is 17.9 Å². The highest BCUT2D eigenvalue weighted by Crippen LogP contribution is 2.29. The van der Waals surface area contributed by atoms with Crippen LogP contribution in [0, 0.1) is 17.5 Å². The molecule has 0 heterocycles. The molecule has 0 bridgehead atoms. The molecule has 106 valence electrons. The number of ether oxygens (including phenoxy) is 1. The molecule has 6 heteroatoms. The zero-order chi connectivity index (χ0) is 14.7. The Morgan fingerprint density at radius 2 is 1.75 bits per heavy atom. The second-order valence-corrected chi connectivity index (χ2v) is 5.01. The molecule has 20 heavy (non-hydrogen) atoms. The number of rotatable bonds is 4. The Hall–Kier alpha value is -1.53. The third kappa shape index (κ3) is 3.32. The summed E-state index contributed by atoms with van der Waals surface area (Å²) >= 11 is 3.06. The summed E-state index contributed by atoms with van der Waals surface area (Å²) < 4.78 is 45.5. The molecule has 0 spiro atoms. The second kappa shape index (κ2) is 6.28. The Morgan fingerprint density at radius 3 is 2.35 bits per heavy atom. The van der Waals surface area contributed by atoms with Crippen LogP contribution in [-0.2, 0) is 0 Å². The Labute approximate surface area is 122 Å². The van der Waals surface area contributed by atoms with Crippen LogP contribution in [-0.4, -0.2) is 6.54 Å². The summed E-state index contributed by atoms with van der Waals surface area (Å²) in [4.78, 5) is 0. The van der Waals surface area contributed by atoms with Gasteiger partial charge in [0.05, 0.1) is 0 Å². The fraction of sp³-hybridized carbons (Fsp3) is 0.143. The lowest BCUT2D eigenvalue weighted by molar-refractivity contribution is 0.201. The van der Waals surface area contributed by atoms with Gasteiger partial charge in [0.1, 0.15) is 11.9 Å². The molecule has 2 aromatic carbocycles. The molecule has 0 aliphatic heterocycles. The number of nitrogens with two attached hydrogens (primary N) is 1. The molecule has 2 N–H and O–H groups in total. The predicted molar refractivity (Wildman–Crippen MR) is 72.9 cm³/mol. The minimum absolute atomic E-state index is 0.0409. The molecule has 0 radical (unpaired) electrons. The average Bonchev–Trinajstić information content (AvgIpc) is 2.42. The van der Waals surface area contributed by atoms with Crippen molar-refractivity contribution in [1.82, 2.24) is 0 Å². The molecule has 0 saturated carbocycles. The Kier molecular flexibility index (Phi) is 4.67. The number of benzene rings is 2. The molecule has 0 aromatic heterocycles. The topological polar surface area (TPSA) is 35.2 Å². The average molecular weight is 346 g/mol. The van der Waals surface area contributed by atoms with Gasteiger partial charge in [0.25, 0.3) is 0 Å². The smallest absolute Gasteiger partial charge is 0.200 e. The van der Waals surface area contributed by atoms with Gasteiger partial charge in [0.2, 0.25) is 5.82 Å². The van der Waals surface area contributed by atoms with Gasteiger partial charge in [0.15, 0.2) is 11.6 Å². The van der Waals surface area contributed by atoms with E-state index in [-0.39, 0.29) is 12.3 Å². The first-order valence-corrected chi connectivity index (χ1v) is 6.57. The van der Waals surface area contributed by atoms with Crippen LogP contribution in [0.3, 0.4) is 0 Å². The van der Waals surface area contributed by atoms with E-state index in [2.05, 4.69) is 15.9 Å². The fourth-order valence-corrected chi connectivity index (χ4v) is 2.11. The molecule has 2 nitrogen and oxygen atoms in total. The maximum absolute atomic E-state index is 13.6. The van der Waals surface area contributed by atoms with Crippen molar-refractivity contribution in [3.05, 3.63) is 63.9 Å². The maximum atomic E-state index is 13.6. The lowest BCUT2D eigenvalue weighted by atomic mass is 10.1. The Balaban J connectivity index is 2.29. The van der Waals surface area contributed by atoms with Crippen molar-refractivity contribution in [2.45, 2.75) is 6.10 Å². The molecule has 1 atom stereocenters. The van der Waals surface area contributed by atoms with Gasteiger partial charge in [-0.25, -0.2) is 8.78 Å². The summed E-state index contributed by atoms with van der Waals surface area (Å²) in [7, 11) is 0. The quantitative estimate of drug-likeness (QED) is 0.851. The van der Waals surface area contributed by atoms with Gasteiger partial charge in [-0.05, 0) is 29.8 Å². The molecular formula is C14H11BrF3NO. The zero-order valence-electron chi connectivity index (χ0n) is 10.2. The van der Waals surface area contributed by atoms with Crippen LogP contribution >= 0.6 is 15.9 Å². The van der Waals surface area contributed by atoms with Crippen LogP contribution < -0.4 is 10.5 Å². The molecule has 0 saturated heterocycles. The van der Waals surface area contributed by atoms with Gasteiger partial charge < -0.3 is 10.5 Å². The van der Waals surface area contributed by atoms with Crippen LogP contribution in [0.25, 0.3) is 0 Å². The van der Waals surface area contributed by atoms with Crippen molar-refractivity contribution in [2.75, 3.05) is 6.54 Å². The normalized spacial score (nSPS) is 12.2. The standard InChI is InChI=1S/C14H11BrF3NO/c15-9-5-11(17)14(18)12(6-9)20-13(7-19)8-1-3-10(16)4-2-8/h1-6,13H,7,19H2. The molecule has 2 aromatic rings. The fourth-order valence-electron chi connectivity index (χ4n) is 1.70. The Bertz CT molecular complexity index is 604. The van der Waals surface area contributed by atoms with Crippen molar-refractivity contribution in [2.24, 2.45) is 5.73 Å². The summed E-state index contributed by atoms with van der Waals surface area (Å²) in [5.41, 5.74) is 6.15. The van der Waals surface area contributed by atoms with Crippen LogP contribution in [0.1, 0.15) is 11.7 Å². The van der Waals surface area contributed by atoms with E-state index in [1.54, 1.807) is 0 Å². The lowest BCUT2D eigenvalue weighted by Gasteiger charge is -2.18. The minimum atomic E-state index is -1.09. The molecule has 0 aliphatic rings. The van der Waals surface area contributed by atoms with Gasteiger partial charge in [-0.2, -0.15) is 4.39 Å². The minimum Gasteiger partial charge on any atom is -0.481 e. The Morgan fingerprint density at radius 1 is 1.10 bits per heavy atom. The highest BCUT2D eigenvalue weighted by Gasteiger charge is 2.17. The van der Waals surface area contributed by atoms with Gasteiger partial charge in [-0.3, -0.25) is 0 Å². The van der Waals surface area contributed by atoms with E-state index in [1.165, 1.54) is 30.3 Å². The van der Waals surface area contributed by atoms with Crippen molar-refractivity contribution in [3.63, 3.8) is 0 Å². The molecular weight excluding hydrogens is 335 g/mol. The predicted octanol–water partition coefficient (Wildman–Crippen LogP) is 3.95. The molecule has 0 fully saturated rings. The molecule has 1 unspecified atom stereocenters. The lowest BCUT2D eigenvalue weighted by Crippen LogP contribution is -2.19. The maximum Gasteiger partial charge on any atom is 0.200 e. The summed E-state index contributed by atoms with van der Waals surface area (Å²) in [5.74, 6) is -2.76.